The smallest absolute Gasteiger partial charge is 0.266 e. The Hall–Kier alpha value is -2.27. The summed E-state index contributed by atoms with van der Waals surface area (Å²) in [5.74, 6) is 0.576. The van der Waals surface area contributed by atoms with Crippen LogP contribution in [0.4, 0.5) is 0 Å². The van der Waals surface area contributed by atoms with Crippen molar-refractivity contribution in [3.05, 3.63) is 98.3 Å². The molecule has 0 N–H and O–H groups in total. The predicted molar refractivity (Wildman–Crippen MR) is 118 cm³/mol. The number of hydrogen-bond acceptors (Lipinski definition) is 3. The molecule has 1 heterocycles. The van der Waals surface area contributed by atoms with Gasteiger partial charge in [0.25, 0.3) is 5.56 Å². The molecule has 0 saturated heterocycles. The average molecular weight is 427 g/mol. The van der Waals surface area contributed by atoms with Crippen molar-refractivity contribution in [2.24, 2.45) is 0 Å². The van der Waals surface area contributed by atoms with Crippen LogP contribution in [0, 0.1) is 6.92 Å². The summed E-state index contributed by atoms with van der Waals surface area (Å²) in [6.45, 7) is 1.99. The number of aromatic nitrogens is 2. The first-order valence-electron chi connectivity index (χ1n) is 8.69. The predicted octanol–water partition coefficient (Wildman–Crippen LogP) is 6.29. The van der Waals surface area contributed by atoms with E-state index in [9.17, 15) is 4.79 Å². The van der Waals surface area contributed by atoms with Crippen LogP contribution >= 0.6 is 35.0 Å². The molecule has 140 valence electrons. The Morgan fingerprint density at radius 1 is 1.00 bits per heavy atom. The molecule has 6 heteroatoms. The first-order chi connectivity index (χ1) is 13.5. The van der Waals surface area contributed by atoms with Crippen LogP contribution in [0.5, 0.6) is 0 Å². The van der Waals surface area contributed by atoms with Crippen molar-refractivity contribution in [3.63, 3.8) is 0 Å². The second-order valence-electron chi connectivity index (χ2n) is 6.36. The molecule has 0 saturated carbocycles. The first-order valence-corrected chi connectivity index (χ1v) is 10.4. The highest BCUT2D eigenvalue weighted by molar-refractivity contribution is 7.98. The normalized spacial score (nSPS) is 11.1. The van der Waals surface area contributed by atoms with Crippen LogP contribution in [0.2, 0.25) is 10.0 Å². The third kappa shape index (κ3) is 3.68. The molecule has 3 aromatic carbocycles. The molecule has 1 aromatic heterocycles. The van der Waals surface area contributed by atoms with E-state index < -0.39 is 0 Å². The summed E-state index contributed by atoms with van der Waals surface area (Å²) in [5, 5.41) is 2.42. The molecule has 3 nitrogen and oxygen atoms in total. The van der Waals surface area contributed by atoms with Crippen molar-refractivity contribution < 1.29 is 0 Å². The van der Waals surface area contributed by atoms with E-state index in [4.69, 9.17) is 28.2 Å². The monoisotopic (exact) mass is 426 g/mol. The lowest BCUT2D eigenvalue weighted by atomic mass is 10.2. The zero-order valence-corrected chi connectivity index (χ0v) is 17.4. The first kappa shape index (κ1) is 19.1. The molecule has 0 radical (unpaired) electrons. The highest BCUT2D eigenvalue weighted by atomic mass is 35.5. The van der Waals surface area contributed by atoms with E-state index in [1.165, 1.54) is 11.8 Å². The lowest BCUT2D eigenvalue weighted by Crippen LogP contribution is -2.22. The molecule has 0 atom stereocenters. The van der Waals surface area contributed by atoms with Crippen molar-refractivity contribution in [3.8, 4) is 5.69 Å². The molecule has 0 aliphatic rings. The van der Waals surface area contributed by atoms with Gasteiger partial charge in [-0.15, -0.1) is 0 Å². The standard InChI is InChI=1S/C22H16Cl2N2OS/c1-14-6-2-5-9-20(14)26-21(27)17-7-3-4-8-19(17)25-22(26)28-13-15-10-11-16(23)12-18(15)24/h2-12H,13H2,1H3. The topological polar surface area (TPSA) is 34.9 Å². The van der Waals surface area contributed by atoms with Crippen LogP contribution in [-0.4, -0.2) is 9.55 Å². The molecule has 0 fully saturated rings. The van der Waals surface area contributed by atoms with Crippen molar-refractivity contribution >= 4 is 45.9 Å². The Morgan fingerprint density at radius 3 is 2.54 bits per heavy atom. The van der Waals surface area contributed by atoms with Crippen molar-refractivity contribution in [2.75, 3.05) is 0 Å². The van der Waals surface area contributed by atoms with Gasteiger partial charge in [0, 0.05) is 15.8 Å². The summed E-state index contributed by atoms with van der Waals surface area (Å²) >= 11 is 13.8. The summed E-state index contributed by atoms with van der Waals surface area (Å²) in [6.07, 6.45) is 0. The van der Waals surface area contributed by atoms with E-state index in [0.29, 0.717) is 31.9 Å². The minimum atomic E-state index is -0.0791. The van der Waals surface area contributed by atoms with Crippen LogP contribution in [0.15, 0.2) is 76.7 Å². The summed E-state index contributed by atoms with van der Waals surface area (Å²) in [7, 11) is 0. The molecular weight excluding hydrogens is 411 g/mol. The zero-order chi connectivity index (χ0) is 19.7. The number of para-hydroxylation sites is 2. The summed E-state index contributed by atoms with van der Waals surface area (Å²) < 4.78 is 1.69. The van der Waals surface area contributed by atoms with Gasteiger partial charge in [-0.25, -0.2) is 4.98 Å². The summed E-state index contributed by atoms with van der Waals surface area (Å²) in [6, 6.07) is 20.6. The molecular formula is C22H16Cl2N2OS. The number of halogens is 2. The SMILES string of the molecule is Cc1ccccc1-n1c(SCc2ccc(Cl)cc2Cl)nc2ccccc2c1=O. The maximum atomic E-state index is 13.3. The Morgan fingerprint density at radius 2 is 1.75 bits per heavy atom. The fourth-order valence-corrected chi connectivity index (χ4v) is 4.58. The van der Waals surface area contributed by atoms with E-state index in [2.05, 4.69) is 0 Å². The minimum Gasteiger partial charge on any atom is -0.268 e. The highest BCUT2D eigenvalue weighted by Crippen LogP contribution is 2.29. The number of fused-ring (bicyclic) bond motifs is 1. The van der Waals surface area contributed by atoms with Gasteiger partial charge in [0.15, 0.2) is 5.16 Å². The Bertz CT molecular complexity index is 1240. The van der Waals surface area contributed by atoms with Gasteiger partial charge in [-0.05, 0) is 48.4 Å². The summed E-state index contributed by atoms with van der Waals surface area (Å²) in [5.41, 5.74) is 3.38. The second-order valence-corrected chi connectivity index (χ2v) is 8.15. The third-order valence-corrected chi connectivity index (χ3v) is 6.05. The van der Waals surface area contributed by atoms with Gasteiger partial charge >= 0.3 is 0 Å². The van der Waals surface area contributed by atoms with Gasteiger partial charge in [0.05, 0.1) is 16.6 Å². The number of aryl methyl sites for hydroxylation is 1. The van der Waals surface area contributed by atoms with E-state index in [0.717, 1.165) is 16.8 Å². The van der Waals surface area contributed by atoms with Gasteiger partial charge in [-0.1, -0.05) is 71.4 Å². The van der Waals surface area contributed by atoms with Crippen molar-refractivity contribution in [1.82, 2.24) is 9.55 Å². The van der Waals surface area contributed by atoms with E-state index in [1.54, 1.807) is 10.6 Å². The van der Waals surface area contributed by atoms with E-state index in [-0.39, 0.29) is 5.56 Å². The lowest BCUT2D eigenvalue weighted by Gasteiger charge is -2.15. The zero-order valence-electron chi connectivity index (χ0n) is 15.0. The minimum absolute atomic E-state index is 0.0791. The van der Waals surface area contributed by atoms with Gasteiger partial charge < -0.3 is 0 Å². The molecule has 0 unspecified atom stereocenters. The van der Waals surface area contributed by atoms with Crippen LogP contribution in [-0.2, 0) is 5.75 Å². The summed E-state index contributed by atoms with van der Waals surface area (Å²) in [4.78, 5) is 18.1. The quantitative estimate of drug-likeness (QED) is 0.284. The fraction of sp³-hybridized carbons (Fsp3) is 0.0909. The molecule has 0 spiro atoms. The molecule has 28 heavy (non-hydrogen) atoms. The largest absolute Gasteiger partial charge is 0.268 e. The maximum absolute atomic E-state index is 13.3. The van der Waals surface area contributed by atoms with Crippen LogP contribution in [0.1, 0.15) is 11.1 Å². The Kier molecular flexibility index (Phi) is 5.44. The van der Waals surface area contributed by atoms with Crippen molar-refractivity contribution in [1.29, 1.82) is 0 Å². The number of hydrogen-bond donors (Lipinski definition) is 0. The Labute approximate surface area is 176 Å². The number of thioether (sulfide) groups is 1. The molecule has 0 aliphatic heterocycles. The highest BCUT2D eigenvalue weighted by Gasteiger charge is 2.15. The number of nitrogens with zero attached hydrogens (tertiary/aromatic N) is 2. The molecule has 0 amide bonds. The van der Waals surface area contributed by atoms with Crippen LogP contribution in [0.3, 0.4) is 0 Å². The number of benzene rings is 3. The Balaban J connectivity index is 1.85. The van der Waals surface area contributed by atoms with Gasteiger partial charge in [-0.3, -0.25) is 9.36 Å². The van der Waals surface area contributed by atoms with E-state index >= 15 is 0 Å². The molecule has 4 rings (SSSR count). The van der Waals surface area contributed by atoms with Gasteiger partial charge in [0.2, 0.25) is 0 Å². The molecule has 0 bridgehead atoms. The van der Waals surface area contributed by atoms with Gasteiger partial charge in [0.1, 0.15) is 0 Å². The van der Waals surface area contributed by atoms with Crippen LogP contribution < -0.4 is 5.56 Å². The fourth-order valence-electron chi connectivity index (χ4n) is 3.02. The molecule has 4 aromatic rings. The maximum Gasteiger partial charge on any atom is 0.266 e. The van der Waals surface area contributed by atoms with Crippen molar-refractivity contribution in [2.45, 2.75) is 17.8 Å². The third-order valence-electron chi connectivity index (χ3n) is 4.47. The van der Waals surface area contributed by atoms with Crippen LogP contribution in [0.25, 0.3) is 16.6 Å². The number of rotatable bonds is 4. The lowest BCUT2D eigenvalue weighted by molar-refractivity contribution is 0.814. The second kappa shape index (κ2) is 8.00. The van der Waals surface area contributed by atoms with Gasteiger partial charge in [-0.2, -0.15) is 0 Å². The average Bonchev–Trinajstić information content (AvgIpc) is 2.68. The van der Waals surface area contributed by atoms with E-state index in [1.807, 2.05) is 67.6 Å². The molecule has 0 aliphatic carbocycles.